The topological polar surface area (TPSA) is 112 Å². The molecule has 1 heterocycles. The summed E-state index contributed by atoms with van der Waals surface area (Å²) < 4.78 is 0. The van der Waals surface area contributed by atoms with Crippen molar-refractivity contribution >= 4 is 22.6 Å². The van der Waals surface area contributed by atoms with Crippen LogP contribution in [0.2, 0.25) is 0 Å². The summed E-state index contributed by atoms with van der Waals surface area (Å²) in [6, 6.07) is 21.2. The predicted octanol–water partition coefficient (Wildman–Crippen LogP) is 5.24. The molecule has 186 valence electrons. The van der Waals surface area contributed by atoms with E-state index in [0.29, 0.717) is 12.2 Å². The van der Waals surface area contributed by atoms with Gasteiger partial charge >= 0.3 is 5.97 Å². The van der Waals surface area contributed by atoms with Gasteiger partial charge in [-0.2, -0.15) is 5.21 Å². The molecule has 36 heavy (non-hydrogen) atoms. The van der Waals surface area contributed by atoms with Crippen molar-refractivity contribution in [3.63, 3.8) is 0 Å². The van der Waals surface area contributed by atoms with Gasteiger partial charge in [-0.1, -0.05) is 74.0 Å². The third kappa shape index (κ3) is 5.27. The van der Waals surface area contributed by atoms with Gasteiger partial charge in [0.05, 0.1) is 11.5 Å². The molecule has 2 N–H and O–H groups in total. The van der Waals surface area contributed by atoms with Gasteiger partial charge in [0.15, 0.2) is 0 Å². The van der Waals surface area contributed by atoms with Gasteiger partial charge in [-0.25, -0.2) is 0 Å². The molecule has 0 radical (unpaired) electrons. The van der Waals surface area contributed by atoms with E-state index in [1.807, 2.05) is 67.6 Å². The third-order valence-electron chi connectivity index (χ3n) is 6.45. The van der Waals surface area contributed by atoms with Gasteiger partial charge in [0.25, 0.3) is 0 Å². The molecule has 0 aliphatic carbocycles. The first kappa shape index (κ1) is 25.0. The van der Waals surface area contributed by atoms with Crippen molar-refractivity contribution in [1.29, 1.82) is 0 Å². The van der Waals surface area contributed by atoms with Crippen molar-refractivity contribution < 1.29 is 14.7 Å². The summed E-state index contributed by atoms with van der Waals surface area (Å²) in [5.41, 5.74) is 1.26. The van der Waals surface area contributed by atoms with Crippen LogP contribution in [-0.4, -0.2) is 49.1 Å². The zero-order valence-corrected chi connectivity index (χ0v) is 20.8. The maximum Gasteiger partial charge on any atom is 0.310 e. The Morgan fingerprint density at radius 1 is 1.03 bits per heavy atom. The summed E-state index contributed by atoms with van der Waals surface area (Å²) in [4.78, 5) is 27.6. The maximum absolute atomic E-state index is 13.7. The number of amides is 1. The molecule has 0 fully saturated rings. The lowest BCUT2D eigenvalue weighted by atomic mass is 9.87. The quantitative estimate of drug-likeness (QED) is 0.318. The van der Waals surface area contributed by atoms with E-state index < -0.39 is 17.4 Å². The fourth-order valence-electron chi connectivity index (χ4n) is 4.41. The molecule has 1 amide bonds. The minimum absolute atomic E-state index is 0.0446. The van der Waals surface area contributed by atoms with Crippen molar-refractivity contribution in [2.24, 2.45) is 5.41 Å². The molecule has 0 bridgehead atoms. The van der Waals surface area contributed by atoms with Crippen molar-refractivity contribution in [1.82, 2.24) is 25.5 Å². The number of nitrogens with one attached hydrogen (secondary N) is 1. The SMILES string of the molecule is CCCCC(=O)N(CC(C)(C)C(=O)O)C(c1ccc2ccccc2c1)c1ccccc1-c1nn[nH]n1. The van der Waals surface area contributed by atoms with E-state index in [4.69, 9.17) is 0 Å². The Balaban J connectivity index is 1.94. The number of fused-ring (bicyclic) bond motifs is 1. The Morgan fingerprint density at radius 3 is 2.44 bits per heavy atom. The number of unbranched alkanes of at least 4 members (excludes halogenated alkanes) is 1. The Kier molecular flexibility index (Phi) is 7.43. The number of aromatic nitrogens is 4. The molecular weight excluding hydrogens is 454 g/mol. The van der Waals surface area contributed by atoms with E-state index in [9.17, 15) is 14.7 Å². The van der Waals surface area contributed by atoms with E-state index >= 15 is 0 Å². The van der Waals surface area contributed by atoms with Crippen LogP contribution in [0.1, 0.15) is 57.2 Å². The lowest BCUT2D eigenvalue weighted by molar-refractivity contribution is -0.150. The number of aromatic amines is 1. The van der Waals surface area contributed by atoms with E-state index in [1.54, 1.807) is 18.7 Å². The van der Waals surface area contributed by atoms with Gasteiger partial charge in [-0.15, -0.1) is 10.2 Å². The van der Waals surface area contributed by atoms with Crippen LogP contribution in [0.3, 0.4) is 0 Å². The minimum atomic E-state index is -1.15. The molecular formula is C28H31N5O3. The first-order chi connectivity index (χ1) is 17.3. The lowest BCUT2D eigenvalue weighted by Gasteiger charge is -2.37. The third-order valence-corrected chi connectivity index (χ3v) is 6.45. The average Bonchev–Trinajstić information content (AvgIpc) is 3.42. The van der Waals surface area contributed by atoms with Crippen LogP contribution in [0.5, 0.6) is 0 Å². The van der Waals surface area contributed by atoms with Crippen molar-refractivity contribution in [3.05, 3.63) is 77.9 Å². The second kappa shape index (κ2) is 10.7. The number of carboxylic acids is 1. The van der Waals surface area contributed by atoms with E-state index in [-0.39, 0.29) is 12.5 Å². The Hall–Kier alpha value is -4.07. The number of H-pyrrole nitrogens is 1. The molecule has 0 saturated heterocycles. The van der Waals surface area contributed by atoms with Gasteiger partial charge in [0.2, 0.25) is 11.7 Å². The molecule has 0 saturated carbocycles. The van der Waals surface area contributed by atoms with E-state index in [1.165, 1.54) is 0 Å². The second-order valence-electron chi connectivity index (χ2n) is 9.65. The largest absolute Gasteiger partial charge is 0.481 e. The zero-order chi connectivity index (χ0) is 25.7. The summed E-state index contributed by atoms with van der Waals surface area (Å²) in [6.45, 7) is 5.38. The maximum atomic E-state index is 13.7. The smallest absolute Gasteiger partial charge is 0.310 e. The molecule has 3 aromatic carbocycles. The Bertz CT molecular complexity index is 1350. The van der Waals surface area contributed by atoms with Crippen LogP contribution in [0.4, 0.5) is 0 Å². The number of aliphatic carboxylic acids is 1. The number of rotatable bonds is 10. The summed E-state index contributed by atoms with van der Waals surface area (Å²) in [7, 11) is 0. The van der Waals surface area contributed by atoms with Gasteiger partial charge in [0, 0.05) is 18.5 Å². The summed E-state index contributed by atoms with van der Waals surface area (Å²) >= 11 is 0. The number of carbonyl (C=O) groups excluding carboxylic acids is 1. The van der Waals surface area contributed by atoms with Crippen molar-refractivity contribution in [3.8, 4) is 11.4 Å². The standard InChI is InChI=1S/C28H31N5O3/c1-4-5-14-24(34)33(18-28(2,3)27(35)36)25(21-16-15-19-10-6-7-11-20(19)17-21)22-12-8-9-13-23(22)26-29-31-32-30-26/h6-13,15-17,25H,4-5,14,18H2,1-3H3,(H,35,36)(H,29,30,31,32). The highest BCUT2D eigenvalue weighted by molar-refractivity contribution is 5.84. The monoisotopic (exact) mass is 485 g/mol. The number of nitrogens with zero attached hydrogens (tertiary/aromatic N) is 4. The number of tetrazole rings is 1. The van der Waals surface area contributed by atoms with Crippen LogP contribution in [0, 0.1) is 5.41 Å². The molecule has 0 aliphatic rings. The highest BCUT2D eigenvalue weighted by Crippen LogP contribution is 2.38. The lowest BCUT2D eigenvalue weighted by Crippen LogP contribution is -2.44. The van der Waals surface area contributed by atoms with E-state index in [2.05, 4.69) is 26.7 Å². The number of hydrogen-bond acceptors (Lipinski definition) is 5. The summed E-state index contributed by atoms with van der Waals surface area (Å²) in [5.74, 6) is -0.637. The highest BCUT2D eigenvalue weighted by atomic mass is 16.4. The molecule has 1 unspecified atom stereocenters. The number of hydrogen-bond donors (Lipinski definition) is 2. The molecule has 4 rings (SSSR count). The highest BCUT2D eigenvalue weighted by Gasteiger charge is 2.37. The Labute approximate surface area is 210 Å². The Morgan fingerprint density at radius 2 is 1.75 bits per heavy atom. The normalized spacial score (nSPS) is 12.4. The molecule has 0 spiro atoms. The number of carboxylic acid groups (broad SMARTS) is 1. The first-order valence-corrected chi connectivity index (χ1v) is 12.2. The fraction of sp³-hybridized carbons (Fsp3) is 0.321. The summed E-state index contributed by atoms with van der Waals surface area (Å²) in [5, 5.41) is 26.7. The molecule has 0 aliphatic heterocycles. The number of carbonyl (C=O) groups is 2. The first-order valence-electron chi connectivity index (χ1n) is 12.2. The predicted molar refractivity (Wildman–Crippen MR) is 138 cm³/mol. The van der Waals surface area contributed by atoms with E-state index in [0.717, 1.165) is 40.3 Å². The molecule has 4 aromatic rings. The number of benzene rings is 3. The van der Waals surface area contributed by atoms with Gasteiger partial charge in [-0.05, 0) is 53.4 Å². The minimum Gasteiger partial charge on any atom is -0.481 e. The molecule has 1 aromatic heterocycles. The van der Waals surface area contributed by atoms with Crippen LogP contribution < -0.4 is 0 Å². The second-order valence-corrected chi connectivity index (χ2v) is 9.65. The van der Waals surface area contributed by atoms with Crippen molar-refractivity contribution in [2.45, 2.75) is 46.1 Å². The molecule has 1 atom stereocenters. The molecule has 8 nitrogen and oxygen atoms in total. The van der Waals surface area contributed by atoms with Gasteiger partial charge < -0.3 is 10.0 Å². The summed E-state index contributed by atoms with van der Waals surface area (Å²) in [6.07, 6.45) is 1.92. The zero-order valence-electron chi connectivity index (χ0n) is 20.8. The van der Waals surface area contributed by atoms with Crippen molar-refractivity contribution in [2.75, 3.05) is 6.54 Å². The van der Waals surface area contributed by atoms with Gasteiger partial charge in [0.1, 0.15) is 0 Å². The van der Waals surface area contributed by atoms with Crippen LogP contribution in [0.15, 0.2) is 66.7 Å². The molecule has 8 heteroatoms. The van der Waals surface area contributed by atoms with Crippen LogP contribution in [0.25, 0.3) is 22.2 Å². The average molecular weight is 486 g/mol. The van der Waals surface area contributed by atoms with Crippen LogP contribution >= 0.6 is 0 Å². The fourth-order valence-corrected chi connectivity index (χ4v) is 4.41. The van der Waals surface area contributed by atoms with Crippen LogP contribution in [-0.2, 0) is 9.59 Å². The van der Waals surface area contributed by atoms with Gasteiger partial charge in [-0.3, -0.25) is 9.59 Å².